The normalized spacial score (nSPS) is 10.2. The molecule has 0 saturated heterocycles. The van der Waals surface area contributed by atoms with Crippen LogP contribution in [0.1, 0.15) is 10.4 Å². The van der Waals surface area contributed by atoms with E-state index in [1.165, 1.54) is 12.1 Å². The highest BCUT2D eigenvalue weighted by molar-refractivity contribution is 9.10. The number of anilines is 1. The third-order valence-corrected chi connectivity index (χ3v) is 3.19. The molecule has 1 amide bonds. The number of nitro groups is 1. The summed E-state index contributed by atoms with van der Waals surface area (Å²) < 4.78 is 26.3. The number of nitrogens with one attached hydrogen (secondary N) is 1. The Morgan fingerprint density at radius 2 is 1.90 bits per heavy atom. The van der Waals surface area contributed by atoms with E-state index < -0.39 is 28.2 Å². The standard InChI is InChI=1S/C13H7BrF2N2O3/c14-9-5-7(1-3-10(9)16)13(19)17-11-6-8(15)2-4-12(11)18(20)21/h1-6H,(H,17,19). The number of carbonyl (C=O) groups is 1. The maximum Gasteiger partial charge on any atom is 0.292 e. The van der Waals surface area contributed by atoms with E-state index in [0.717, 1.165) is 24.3 Å². The molecule has 0 atom stereocenters. The van der Waals surface area contributed by atoms with Gasteiger partial charge in [-0.15, -0.1) is 0 Å². The fourth-order valence-corrected chi connectivity index (χ4v) is 1.98. The highest BCUT2D eigenvalue weighted by Crippen LogP contribution is 2.26. The molecule has 0 saturated carbocycles. The quantitative estimate of drug-likeness (QED) is 0.669. The van der Waals surface area contributed by atoms with Crippen molar-refractivity contribution in [3.63, 3.8) is 0 Å². The first-order valence-corrected chi connectivity index (χ1v) is 6.38. The van der Waals surface area contributed by atoms with Gasteiger partial charge in [-0.05, 0) is 40.2 Å². The van der Waals surface area contributed by atoms with E-state index in [9.17, 15) is 23.7 Å². The summed E-state index contributed by atoms with van der Waals surface area (Å²) in [6.07, 6.45) is 0. The Morgan fingerprint density at radius 3 is 2.52 bits per heavy atom. The van der Waals surface area contributed by atoms with Crippen molar-refractivity contribution in [2.24, 2.45) is 0 Å². The number of carbonyl (C=O) groups excluding carboxylic acids is 1. The maximum atomic E-state index is 13.1. The van der Waals surface area contributed by atoms with Crippen molar-refractivity contribution in [2.75, 3.05) is 5.32 Å². The summed E-state index contributed by atoms with van der Waals surface area (Å²) in [7, 11) is 0. The van der Waals surface area contributed by atoms with E-state index in [4.69, 9.17) is 0 Å². The first-order chi connectivity index (χ1) is 9.88. The van der Waals surface area contributed by atoms with Crippen molar-refractivity contribution in [3.05, 3.63) is 68.2 Å². The summed E-state index contributed by atoms with van der Waals surface area (Å²) in [5.41, 5.74) is -0.641. The molecule has 8 heteroatoms. The monoisotopic (exact) mass is 356 g/mol. The second-order valence-corrected chi connectivity index (χ2v) is 4.86. The van der Waals surface area contributed by atoms with Gasteiger partial charge in [-0.2, -0.15) is 0 Å². The Kier molecular flexibility index (Phi) is 4.27. The molecule has 0 bridgehead atoms. The van der Waals surface area contributed by atoms with Crippen LogP contribution in [-0.4, -0.2) is 10.8 Å². The molecule has 0 aromatic heterocycles. The number of benzene rings is 2. The van der Waals surface area contributed by atoms with Gasteiger partial charge in [-0.1, -0.05) is 0 Å². The summed E-state index contributed by atoms with van der Waals surface area (Å²) >= 11 is 2.93. The van der Waals surface area contributed by atoms with Crippen molar-refractivity contribution >= 4 is 33.2 Å². The molecule has 0 radical (unpaired) electrons. The predicted octanol–water partition coefficient (Wildman–Crippen LogP) is 3.89. The second kappa shape index (κ2) is 5.96. The lowest BCUT2D eigenvalue weighted by Crippen LogP contribution is -2.13. The van der Waals surface area contributed by atoms with Gasteiger partial charge in [0.15, 0.2) is 0 Å². The Bertz CT molecular complexity index is 737. The van der Waals surface area contributed by atoms with Crippen molar-refractivity contribution in [1.29, 1.82) is 0 Å². The second-order valence-electron chi connectivity index (χ2n) is 4.00. The van der Waals surface area contributed by atoms with Gasteiger partial charge in [0.25, 0.3) is 11.6 Å². The number of amides is 1. The fraction of sp³-hybridized carbons (Fsp3) is 0. The smallest absolute Gasteiger partial charge is 0.292 e. The van der Waals surface area contributed by atoms with Crippen LogP contribution in [0.25, 0.3) is 0 Å². The third-order valence-electron chi connectivity index (χ3n) is 2.59. The van der Waals surface area contributed by atoms with Gasteiger partial charge in [0, 0.05) is 17.7 Å². The SMILES string of the molecule is O=C(Nc1cc(F)ccc1[N+](=O)[O-])c1ccc(F)c(Br)c1. The lowest BCUT2D eigenvalue weighted by atomic mass is 10.2. The minimum absolute atomic E-state index is 0.0711. The van der Waals surface area contributed by atoms with Crippen molar-refractivity contribution < 1.29 is 18.5 Å². The molecule has 0 fully saturated rings. The van der Waals surface area contributed by atoms with Gasteiger partial charge in [-0.3, -0.25) is 14.9 Å². The zero-order chi connectivity index (χ0) is 15.6. The highest BCUT2D eigenvalue weighted by Gasteiger charge is 2.18. The van der Waals surface area contributed by atoms with Gasteiger partial charge < -0.3 is 5.32 Å². The van der Waals surface area contributed by atoms with Gasteiger partial charge >= 0.3 is 0 Å². The number of hydrogen-bond acceptors (Lipinski definition) is 3. The molecule has 0 unspecified atom stereocenters. The molecular weight excluding hydrogens is 350 g/mol. The first-order valence-electron chi connectivity index (χ1n) is 5.59. The summed E-state index contributed by atoms with van der Waals surface area (Å²) in [6, 6.07) is 6.21. The minimum Gasteiger partial charge on any atom is -0.316 e. The van der Waals surface area contributed by atoms with E-state index >= 15 is 0 Å². The van der Waals surface area contributed by atoms with Gasteiger partial charge in [0.1, 0.15) is 17.3 Å². The lowest BCUT2D eigenvalue weighted by molar-refractivity contribution is -0.384. The van der Waals surface area contributed by atoms with Gasteiger partial charge in [0.05, 0.1) is 9.40 Å². The molecule has 0 aliphatic rings. The molecule has 21 heavy (non-hydrogen) atoms. The van der Waals surface area contributed by atoms with E-state index in [1.807, 2.05) is 0 Å². The molecule has 2 aromatic rings. The Balaban J connectivity index is 2.33. The molecular formula is C13H7BrF2N2O3. The molecule has 0 aliphatic heterocycles. The predicted molar refractivity (Wildman–Crippen MR) is 75.1 cm³/mol. The fourth-order valence-electron chi connectivity index (χ4n) is 1.60. The summed E-state index contributed by atoms with van der Waals surface area (Å²) in [5, 5.41) is 13.1. The molecule has 0 spiro atoms. The lowest BCUT2D eigenvalue weighted by Gasteiger charge is -2.07. The average molecular weight is 357 g/mol. The number of hydrogen-bond donors (Lipinski definition) is 1. The zero-order valence-electron chi connectivity index (χ0n) is 10.3. The summed E-state index contributed by atoms with van der Waals surface area (Å²) in [5.74, 6) is -2.00. The summed E-state index contributed by atoms with van der Waals surface area (Å²) in [6.45, 7) is 0. The molecule has 2 aromatic carbocycles. The topological polar surface area (TPSA) is 72.2 Å². The van der Waals surface area contributed by atoms with E-state index in [1.54, 1.807) is 0 Å². The molecule has 108 valence electrons. The van der Waals surface area contributed by atoms with Crippen molar-refractivity contribution in [1.82, 2.24) is 0 Å². The Hall–Kier alpha value is -2.35. The zero-order valence-corrected chi connectivity index (χ0v) is 11.9. The van der Waals surface area contributed by atoms with Crippen LogP contribution >= 0.6 is 15.9 Å². The van der Waals surface area contributed by atoms with Crippen LogP contribution in [0.2, 0.25) is 0 Å². The maximum absolute atomic E-state index is 13.1. The average Bonchev–Trinajstić information content (AvgIpc) is 2.41. The van der Waals surface area contributed by atoms with Crippen LogP contribution < -0.4 is 5.32 Å². The highest BCUT2D eigenvalue weighted by atomic mass is 79.9. The minimum atomic E-state index is -0.740. The van der Waals surface area contributed by atoms with Gasteiger partial charge in [0.2, 0.25) is 0 Å². The first kappa shape index (κ1) is 15.0. The van der Waals surface area contributed by atoms with E-state index in [0.29, 0.717) is 0 Å². The van der Waals surface area contributed by atoms with E-state index in [-0.39, 0.29) is 15.7 Å². The molecule has 2 rings (SSSR count). The van der Waals surface area contributed by atoms with Crippen LogP contribution in [0.4, 0.5) is 20.2 Å². The van der Waals surface area contributed by atoms with Crippen LogP contribution in [-0.2, 0) is 0 Å². The Labute approximate surface area is 125 Å². The third kappa shape index (κ3) is 3.40. The summed E-state index contributed by atoms with van der Waals surface area (Å²) in [4.78, 5) is 22.0. The number of rotatable bonds is 3. The van der Waals surface area contributed by atoms with Crippen LogP contribution in [0.3, 0.4) is 0 Å². The number of nitrogens with zero attached hydrogens (tertiary/aromatic N) is 1. The van der Waals surface area contributed by atoms with Crippen LogP contribution in [0.15, 0.2) is 40.9 Å². The van der Waals surface area contributed by atoms with Crippen molar-refractivity contribution in [2.45, 2.75) is 0 Å². The molecule has 0 heterocycles. The molecule has 5 nitrogen and oxygen atoms in total. The number of nitro benzene ring substituents is 1. The molecule has 0 aliphatic carbocycles. The Morgan fingerprint density at radius 1 is 1.19 bits per heavy atom. The van der Waals surface area contributed by atoms with Crippen LogP contribution in [0, 0.1) is 21.7 Å². The largest absolute Gasteiger partial charge is 0.316 e. The molecule has 1 N–H and O–H groups in total. The van der Waals surface area contributed by atoms with Gasteiger partial charge in [-0.25, -0.2) is 8.78 Å². The van der Waals surface area contributed by atoms with Crippen molar-refractivity contribution in [3.8, 4) is 0 Å². The number of halogens is 3. The van der Waals surface area contributed by atoms with E-state index in [2.05, 4.69) is 21.2 Å². The van der Waals surface area contributed by atoms with Crippen LogP contribution in [0.5, 0.6) is 0 Å².